The van der Waals surface area contributed by atoms with E-state index in [1.165, 1.54) is 35.1 Å². The van der Waals surface area contributed by atoms with Crippen LogP contribution in [0.25, 0.3) is 6.08 Å². The Morgan fingerprint density at radius 3 is 2.68 bits per heavy atom. The number of hydrogen-bond donors (Lipinski definition) is 1. The van der Waals surface area contributed by atoms with Crippen molar-refractivity contribution in [3.63, 3.8) is 0 Å². The summed E-state index contributed by atoms with van der Waals surface area (Å²) in [5.41, 5.74) is 1.53. The predicted molar refractivity (Wildman–Crippen MR) is 134 cm³/mol. The van der Waals surface area contributed by atoms with Crippen molar-refractivity contribution in [3.8, 4) is 11.5 Å². The highest BCUT2D eigenvalue weighted by Gasteiger charge is 2.33. The number of aromatic nitrogens is 1. The second-order valence-corrected chi connectivity index (χ2v) is 9.58. The Hall–Kier alpha value is -2.99. The molecule has 0 aliphatic carbocycles. The number of methoxy groups -OCH3 is 1. The van der Waals surface area contributed by atoms with Gasteiger partial charge in [-0.2, -0.15) is 0 Å². The summed E-state index contributed by atoms with van der Waals surface area (Å²) in [7, 11) is 1.45. The summed E-state index contributed by atoms with van der Waals surface area (Å²) in [5, 5.41) is 10.1. The third-order valence-electron chi connectivity index (χ3n) is 5.27. The summed E-state index contributed by atoms with van der Waals surface area (Å²) >= 11 is 3.16. The number of thiazole rings is 1. The van der Waals surface area contributed by atoms with Gasteiger partial charge in [0.2, 0.25) is 0 Å². The molecule has 0 unspecified atom stereocenters. The lowest BCUT2D eigenvalue weighted by molar-refractivity contribution is -0.139. The second-order valence-electron chi connectivity index (χ2n) is 7.41. The van der Waals surface area contributed by atoms with Gasteiger partial charge in [-0.05, 0) is 77.9 Å². The van der Waals surface area contributed by atoms with Crippen LogP contribution >= 0.6 is 33.9 Å². The molecule has 2 aromatic carbocycles. The van der Waals surface area contributed by atoms with Gasteiger partial charge in [0.15, 0.2) is 16.3 Å². The van der Waals surface area contributed by atoms with Crippen molar-refractivity contribution in [2.45, 2.75) is 19.9 Å². The molecule has 1 aliphatic rings. The molecule has 0 saturated heterocycles. The van der Waals surface area contributed by atoms with Crippen LogP contribution < -0.4 is 19.6 Å². The zero-order valence-electron chi connectivity index (χ0n) is 18.5. The van der Waals surface area contributed by atoms with Crippen LogP contribution in [-0.2, 0) is 9.53 Å². The number of allylic oxidation sites excluding steroid dienone is 1. The van der Waals surface area contributed by atoms with Crippen LogP contribution in [-0.4, -0.2) is 29.4 Å². The molecule has 1 aliphatic heterocycles. The number of halogens is 2. The van der Waals surface area contributed by atoms with Crippen LogP contribution in [0.15, 0.2) is 57.5 Å². The van der Waals surface area contributed by atoms with E-state index < -0.39 is 17.8 Å². The van der Waals surface area contributed by atoms with Gasteiger partial charge in [0.1, 0.15) is 5.82 Å². The molecule has 0 spiro atoms. The first-order valence-corrected chi connectivity index (χ1v) is 12.2. The summed E-state index contributed by atoms with van der Waals surface area (Å²) in [5.74, 6) is -0.695. The molecule has 176 valence electrons. The third-order valence-corrected chi connectivity index (χ3v) is 7.08. The molecular formula is C24H20FIN2O5S. The molecule has 10 heteroatoms. The van der Waals surface area contributed by atoms with E-state index in [9.17, 15) is 19.1 Å². The van der Waals surface area contributed by atoms with Gasteiger partial charge in [-0.3, -0.25) is 9.36 Å². The maximum Gasteiger partial charge on any atom is 0.338 e. The molecule has 0 bridgehead atoms. The zero-order chi connectivity index (χ0) is 24.6. The average Bonchev–Trinajstić information content (AvgIpc) is 3.10. The minimum atomic E-state index is -0.812. The van der Waals surface area contributed by atoms with E-state index in [0.717, 1.165) is 0 Å². The van der Waals surface area contributed by atoms with Crippen molar-refractivity contribution < 1.29 is 23.8 Å². The minimum absolute atomic E-state index is 0.0210. The second kappa shape index (κ2) is 9.71. The van der Waals surface area contributed by atoms with Crippen molar-refractivity contribution in [3.05, 3.63) is 87.9 Å². The monoisotopic (exact) mass is 594 g/mol. The Morgan fingerprint density at radius 2 is 2.03 bits per heavy atom. The lowest BCUT2D eigenvalue weighted by atomic mass is 9.96. The van der Waals surface area contributed by atoms with E-state index in [1.54, 1.807) is 44.2 Å². The van der Waals surface area contributed by atoms with E-state index in [-0.39, 0.29) is 29.2 Å². The summed E-state index contributed by atoms with van der Waals surface area (Å²) in [4.78, 5) is 31.3. The molecule has 1 N–H and O–H groups in total. The van der Waals surface area contributed by atoms with E-state index in [4.69, 9.17) is 9.47 Å². The van der Waals surface area contributed by atoms with Crippen molar-refractivity contribution >= 4 is 46.0 Å². The summed E-state index contributed by atoms with van der Waals surface area (Å²) < 4.78 is 26.5. The SMILES string of the molecule is CCOC(=O)C1=C(C)N=c2s/c(=C\c3cc(I)c(O)c(OC)c3)c(=O)n2[C@H]1c1ccc(F)cc1. The maximum absolute atomic E-state index is 13.6. The normalized spacial score (nSPS) is 15.7. The number of esters is 1. The number of phenols is 1. The Morgan fingerprint density at radius 1 is 1.32 bits per heavy atom. The number of phenolic OH excluding ortho intramolecular Hbond substituents is 1. The summed E-state index contributed by atoms with van der Waals surface area (Å²) in [6.07, 6.45) is 1.68. The Labute approximate surface area is 211 Å². The van der Waals surface area contributed by atoms with E-state index in [1.807, 2.05) is 22.6 Å². The number of nitrogens with zero attached hydrogens (tertiary/aromatic N) is 2. The highest BCUT2D eigenvalue weighted by atomic mass is 127. The Bertz CT molecular complexity index is 1490. The first kappa shape index (κ1) is 24.1. The molecule has 2 heterocycles. The Kier molecular flexibility index (Phi) is 6.89. The van der Waals surface area contributed by atoms with Gasteiger partial charge < -0.3 is 14.6 Å². The smallest absolute Gasteiger partial charge is 0.338 e. The van der Waals surface area contributed by atoms with Gasteiger partial charge in [0, 0.05) is 0 Å². The minimum Gasteiger partial charge on any atom is -0.504 e. The van der Waals surface area contributed by atoms with Gasteiger partial charge in [0.25, 0.3) is 5.56 Å². The number of fused-ring (bicyclic) bond motifs is 1. The first-order valence-electron chi connectivity index (χ1n) is 10.3. The first-order chi connectivity index (χ1) is 16.2. The van der Waals surface area contributed by atoms with Crippen LogP contribution in [0.1, 0.15) is 31.0 Å². The molecule has 4 rings (SSSR count). The fourth-order valence-electron chi connectivity index (χ4n) is 3.74. The molecular weight excluding hydrogens is 574 g/mol. The molecule has 0 radical (unpaired) electrons. The average molecular weight is 594 g/mol. The quantitative estimate of drug-likeness (QED) is 0.362. The topological polar surface area (TPSA) is 90.1 Å². The molecule has 7 nitrogen and oxygen atoms in total. The number of ether oxygens (including phenoxy) is 2. The number of rotatable bonds is 5. The number of aromatic hydroxyl groups is 1. The van der Waals surface area contributed by atoms with Gasteiger partial charge >= 0.3 is 5.97 Å². The molecule has 34 heavy (non-hydrogen) atoms. The van der Waals surface area contributed by atoms with E-state index in [2.05, 4.69) is 4.99 Å². The molecule has 1 atom stereocenters. The van der Waals surface area contributed by atoms with Gasteiger partial charge in [-0.15, -0.1) is 0 Å². The number of benzene rings is 2. The molecule has 1 aromatic heterocycles. The lowest BCUT2D eigenvalue weighted by Crippen LogP contribution is -2.39. The Balaban J connectivity index is 1.95. The van der Waals surface area contributed by atoms with Crippen LogP contribution in [0.3, 0.4) is 0 Å². The van der Waals surface area contributed by atoms with Gasteiger partial charge in [0.05, 0.1) is 39.1 Å². The summed E-state index contributed by atoms with van der Waals surface area (Å²) in [6.45, 7) is 3.55. The fourth-order valence-corrected chi connectivity index (χ4v) is 5.41. The third kappa shape index (κ3) is 4.39. The molecule has 3 aromatic rings. The largest absolute Gasteiger partial charge is 0.504 e. The van der Waals surface area contributed by atoms with Crippen LogP contribution in [0.2, 0.25) is 0 Å². The molecule has 0 saturated carbocycles. The van der Waals surface area contributed by atoms with Crippen LogP contribution in [0.4, 0.5) is 4.39 Å². The lowest BCUT2D eigenvalue weighted by Gasteiger charge is -2.24. The zero-order valence-corrected chi connectivity index (χ0v) is 21.4. The maximum atomic E-state index is 13.6. The highest BCUT2D eigenvalue weighted by Crippen LogP contribution is 2.33. The highest BCUT2D eigenvalue weighted by molar-refractivity contribution is 14.1. The van der Waals surface area contributed by atoms with Crippen LogP contribution in [0, 0.1) is 9.39 Å². The molecule has 0 fully saturated rings. The van der Waals surface area contributed by atoms with Crippen molar-refractivity contribution in [1.29, 1.82) is 0 Å². The van der Waals surface area contributed by atoms with Gasteiger partial charge in [-0.1, -0.05) is 23.5 Å². The summed E-state index contributed by atoms with van der Waals surface area (Å²) in [6, 6.07) is 8.20. The van der Waals surface area contributed by atoms with Crippen molar-refractivity contribution in [1.82, 2.24) is 4.57 Å². The standard InChI is InChI=1S/C24H20FIN2O5S/c1-4-33-23(31)19-12(2)27-24-28(20(19)14-5-7-15(25)8-6-14)22(30)18(34-24)11-13-9-16(26)21(29)17(10-13)32-3/h5-11,20,29H,4H2,1-3H3/b18-11-/t20-/m0/s1. The van der Waals surface area contributed by atoms with E-state index in [0.29, 0.717) is 29.7 Å². The van der Waals surface area contributed by atoms with Crippen molar-refractivity contribution in [2.75, 3.05) is 13.7 Å². The van der Waals surface area contributed by atoms with Gasteiger partial charge in [-0.25, -0.2) is 14.2 Å². The van der Waals surface area contributed by atoms with E-state index >= 15 is 0 Å². The fraction of sp³-hybridized carbons (Fsp3) is 0.208. The van der Waals surface area contributed by atoms with Crippen molar-refractivity contribution in [2.24, 2.45) is 4.99 Å². The number of carbonyl (C=O) groups is 1. The number of hydrogen-bond acceptors (Lipinski definition) is 7. The number of carbonyl (C=O) groups excluding carboxylic acids is 1. The van der Waals surface area contributed by atoms with Crippen LogP contribution in [0.5, 0.6) is 11.5 Å². The predicted octanol–water partition coefficient (Wildman–Crippen LogP) is 3.26. The molecule has 0 amide bonds.